The van der Waals surface area contributed by atoms with Gasteiger partial charge in [0.15, 0.2) is 11.4 Å². The topological polar surface area (TPSA) is 216 Å². The molecule has 17 nitrogen and oxygen atoms in total. The van der Waals surface area contributed by atoms with E-state index in [1.165, 1.54) is 20.3 Å². The molecule has 0 saturated carbocycles. The highest BCUT2D eigenvalue weighted by molar-refractivity contribution is 6.19. The number of ketones is 1. The smallest absolute Gasteiger partial charge is 0.410 e. The summed E-state index contributed by atoms with van der Waals surface area (Å²) in [6.45, 7) is 26.2. The second kappa shape index (κ2) is 21.6. The van der Waals surface area contributed by atoms with Gasteiger partial charge in [-0.15, -0.1) is 0 Å². The molecule has 6 heterocycles. The third kappa shape index (κ3) is 10.9. The number of carbonyl (C=O) groups excluding carboxylic acids is 3. The van der Waals surface area contributed by atoms with Crippen LogP contribution in [-0.4, -0.2) is 148 Å². The number of nitrogens with one attached hydrogen (secondary N) is 1. The van der Waals surface area contributed by atoms with Crippen molar-refractivity contribution in [3.05, 3.63) is 58.0 Å². The maximum Gasteiger partial charge on any atom is 0.410 e. The van der Waals surface area contributed by atoms with Gasteiger partial charge < -0.3 is 54.5 Å². The third-order valence-corrected chi connectivity index (χ3v) is 15.5. The van der Waals surface area contributed by atoms with Crippen LogP contribution in [-0.2, 0) is 19.0 Å². The van der Waals surface area contributed by atoms with Gasteiger partial charge in [0.05, 0.1) is 40.9 Å². The van der Waals surface area contributed by atoms with Crippen LogP contribution >= 0.6 is 0 Å². The summed E-state index contributed by atoms with van der Waals surface area (Å²) >= 11 is 0. The number of benzene rings is 2. The number of likely N-dealkylation sites (tertiary alicyclic amines) is 1. The number of phenols is 2. The quantitative estimate of drug-likeness (QED) is 0.202. The summed E-state index contributed by atoms with van der Waals surface area (Å²) in [5, 5.41) is 51.2. The number of ether oxygens (including phenoxy) is 4. The highest BCUT2D eigenvalue weighted by atomic mass is 16.7. The molecule has 2 aromatic rings. The Bertz CT molecular complexity index is 2560. The molecule has 2 aromatic carbocycles. The van der Waals surface area contributed by atoms with Crippen molar-refractivity contribution in [1.82, 2.24) is 14.7 Å². The van der Waals surface area contributed by atoms with E-state index in [2.05, 4.69) is 42.8 Å². The van der Waals surface area contributed by atoms with E-state index in [0.29, 0.717) is 63.9 Å². The van der Waals surface area contributed by atoms with Crippen molar-refractivity contribution in [2.45, 2.75) is 131 Å². The number of aromatic hydroxyl groups is 2. The lowest BCUT2D eigenvalue weighted by atomic mass is 9.78. The van der Waals surface area contributed by atoms with E-state index in [-0.39, 0.29) is 55.4 Å². The van der Waals surface area contributed by atoms with E-state index in [0.717, 1.165) is 19.5 Å². The van der Waals surface area contributed by atoms with Crippen LogP contribution in [0.15, 0.2) is 46.1 Å². The Hall–Kier alpha value is -5.07. The normalized spacial score (nSPS) is 31.4. The molecule has 9 atom stereocenters. The monoisotopic (exact) mass is 987 g/mol. The second-order valence-electron chi connectivity index (χ2n) is 21.7. The van der Waals surface area contributed by atoms with E-state index in [9.17, 15) is 34.8 Å². The molecule has 5 N–H and O–H groups in total. The van der Waals surface area contributed by atoms with Crippen molar-refractivity contribution in [2.24, 2.45) is 45.5 Å². The highest BCUT2D eigenvalue weighted by Crippen LogP contribution is 2.50. The van der Waals surface area contributed by atoms with Gasteiger partial charge in [0.1, 0.15) is 28.6 Å². The predicted molar refractivity (Wildman–Crippen MR) is 270 cm³/mol. The summed E-state index contributed by atoms with van der Waals surface area (Å²) in [6, 6.07) is 0. The maximum absolute atomic E-state index is 14.9. The first-order chi connectivity index (χ1) is 33.5. The molecule has 17 heteroatoms. The second-order valence-corrected chi connectivity index (χ2v) is 21.7. The van der Waals surface area contributed by atoms with Crippen LogP contribution in [0.3, 0.4) is 0 Å². The number of hydrogen-bond acceptors (Lipinski definition) is 15. The van der Waals surface area contributed by atoms with Crippen LogP contribution < -0.4 is 20.8 Å². The molecule has 2 saturated heterocycles. The Morgan fingerprint density at radius 1 is 0.859 bits per heavy atom. The minimum Gasteiger partial charge on any atom is -0.507 e. The Kier molecular flexibility index (Phi) is 16.3. The lowest BCUT2D eigenvalue weighted by molar-refractivity contribution is -0.112. The largest absolute Gasteiger partial charge is 0.507 e. The summed E-state index contributed by atoms with van der Waals surface area (Å²) in [5.74, 6) is -5.44. The summed E-state index contributed by atoms with van der Waals surface area (Å²) in [6.07, 6.45) is 5.57. The lowest BCUT2D eigenvalue weighted by Crippen LogP contribution is -2.52. The minimum atomic E-state index is -1.98. The van der Waals surface area contributed by atoms with Crippen LogP contribution in [0.25, 0.3) is 10.8 Å². The first-order valence-corrected chi connectivity index (χ1v) is 25.6. The van der Waals surface area contributed by atoms with Gasteiger partial charge in [-0.25, -0.2) is 4.79 Å². The van der Waals surface area contributed by atoms with Crippen LogP contribution in [0.5, 0.6) is 17.2 Å². The molecule has 2 fully saturated rings. The number of piperazine rings is 1. The van der Waals surface area contributed by atoms with Gasteiger partial charge in [0, 0.05) is 113 Å². The summed E-state index contributed by atoms with van der Waals surface area (Å²) < 4.78 is 25.0. The fourth-order valence-electron chi connectivity index (χ4n) is 10.8. The number of hydrogen-bond donors (Lipinski definition) is 5. The van der Waals surface area contributed by atoms with E-state index in [1.807, 2.05) is 13.8 Å². The number of rotatable bonds is 7. The van der Waals surface area contributed by atoms with Crippen molar-refractivity contribution in [3.8, 4) is 17.2 Å². The molecular weight excluding hydrogens is 909 g/mol. The van der Waals surface area contributed by atoms with Gasteiger partial charge in [-0.2, -0.15) is 0 Å². The average Bonchev–Trinajstić information content (AvgIpc) is 3.84. The number of nitrogens with zero attached hydrogens (tertiary/aromatic N) is 5. The van der Waals surface area contributed by atoms with Crippen molar-refractivity contribution in [1.29, 1.82) is 0 Å². The fourth-order valence-corrected chi connectivity index (χ4v) is 10.8. The SMILES string of the molecule is CO[C@H]1/C=C/O[C@@]2(C)Oc3c(C)c(O)c4c(O)c(c5c(c4c3C2=O)=NC2(CCN(CC(C)C)CC2)N=5)NC(=O)/C(C)=C\C=C\[C@H](C)[C@H](O)[C@@H](C)[C@@H](O)[C@@H](C)[C@H](OC(=O)N2CCN(CCC(C)C)CC2)[C@@H]1C. The number of carbonyl (C=O) groups is 3. The average molecular weight is 987 g/mol. The van der Waals surface area contributed by atoms with Crippen LogP contribution in [0.1, 0.15) is 104 Å². The molecule has 0 unspecified atom stereocenters. The molecule has 390 valence electrons. The Morgan fingerprint density at radius 3 is 2.15 bits per heavy atom. The number of Topliss-reactive ketones (excluding diaryl/α,β-unsaturated/α-hetero) is 1. The van der Waals surface area contributed by atoms with Gasteiger partial charge in [0.25, 0.3) is 11.7 Å². The van der Waals surface area contributed by atoms with E-state index < -0.39 is 83.1 Å². The fraction of sp³-hybridized carbons (Fsp3) is 0.648. The van der Waals surface area contributed by atoms with Crippen LogP contribution in [0.2, 0.25) is 0 Å². The van der Waals surface area contributed by atoms with Gasteiger partial charge >= 0.3 is 11.9 Å². The Labute approximate surface area is 418 Å². The number of methoxy groups -OCH3 is 1. The molecule has 1 spiro atoms. The zero-order valence-electron chi connectivity index (χ0n) is 43.8. The molecule has 6 aliphatic heterocycles. The van der Waals surface area contributed by atoms with Crippen molar-refractivity contribution in [2.75, 3.05) is 64.8 Å². The number of anilines is 1. The molecule has 0 radical (unpaired) electrons. The minimum absolute atomic E-state index is 0.0390. The third-order valence-electron chi connectivity index (χ3n) is 15.5. The standard InChI is InChI=1S/C54H78N6O11/c1-29(2)16-20-58-23-25-60(26-24-58)52(67)70-48-33(7)37(68-12)17-27-69-53(11)50(65)40-38-39(46(63)36(10)49(40)71-53)47(64)43(42-41(38)56-54(57-42)18-21-59(22-19-54)28-30(3)4)55-51(66)32(6)15-13-14-31(5)44(61)34(8)45(62)35(48)9/h13-15,17,27,29-31,33-35,37,44-45,48,61-64H,16,18-26,28H2,1-12H3,(H,55,66)/b14-13+,27-17+,32-15-/t31-,33+,34+,35+,37-,44-,45+,48+,53-/m0/s1. The van der Waals surface area contributed by atoms with Gasteiger partial charge in [-0.3, -0.25) is 24.5 Å². The molecule has 0 aliphatic carbocycles. The summed E-state index contributed by atoms with van der Waals surface area (Å²) in [4.78, 5) is 59.8. The zero-order valence-corrected chi connectivity index (χ0v) is 43.8. The van der Waals surface area contributed by atoms with Crippen molar-refractivity contribution < 1.29 is 53.8 Å². The molecule has 71 heavy (non-hydrogen) atoms. The van der Waals surface area contributed by atoms with E-state index >= 15 is 0 Å². The zero-order chi connectivity index (χ0) is 51.9. The molecule has 0 aromatic heterocycles. The molecule has 8 rings (SSSR count). The molecule has 6 aliphatic rings. The van der Waals surface area contributed by atoms with E-state index in [4.69, 9.17) is 28.9 Å². The lowest BCUT2D eigenvalue weighted by Gasteiger charge is -2.40. The summed E-state index contributed by atoms with van der Waals surface area (Å²) in [7, 11) is 1.50. The van der Waals surface area contributed by atoms with E-state index in [1.54, 1.807) is 56.9 Å². The molecule has 5 bridgehead atoms. The maximum atomic E-state index is 14.9. The number of amides is 2. The number of allylic oxidation sites excluding steroid dienone is 2. The number of phenolic OH excluding ortho intramolecular Hbond substituents is 2. The van der Waals surface area contributed by atoms with Crippen molar-refractivity contribution >= 4 is 34.2 Å². The van der Waals surface area contributed by atoms with Crippen LogP contribution in [0.4, 0.5) is 10.5 Å². The van der Waals surface area contributed by atoms with Gasteiger partial charge in [0.2, 0.25) is 0 Å². The highest BCUT2D eigenvalue weighted by Gasteiger charge is 2.50. The number of fused-ring (bicyclic) bond motifs is 13. The molecular formula is C54H78N6O11. The van der Waals surface area contributed by atoms with Gasteiger partial charge in [-0.1, -0.05) is 73.6 Å². The Balaban J connectivity index is 1.30. The number of aliphatic hydroxyl groups excluding tert-OH is 2. The predicted octanol–water partition coefficient (Wildman–Crippen LogP) is 5.99. The first-order valence-electron chi connectivity index (χ1n) is 25.6. The Morgan fingerprint density at radius 2 is 1.52 bits per heavy atom. The van der Waals surface area contributed by atoms with Crippen molar-refractivity contribution in [3.63, 3.8) is 0 Å². The molecule has 2 amide bonds. The number of aliphatic hydroxyl groups is 2. The van der Waals surface area contributed by atoms with Crippen LogP contribution in [0, 0.1) is 42.4 Å². The number of piperidine rings is 1. The summed E-state index contributed by atoms with van der Waals surface area (Å²) in [5.41, 5.74) is -0.573. The first kappa shape index (κ1) is 53.7. The van der Waals surface area contributed by atoms with Gasteiger partial charge in [-0.05, 0) is 44.7 Å².